The first-order chi connectivity index (χ1) is 12.1. The first-order valence-electron chi connectivity index (χ1n) is 8.85. The van der Waals surface area contributed by atoms with Crippen LogP contribution in [0.4, 0.5) is 17.2 Å². The van der Waals surface area contributed by atoms with E-state index in [2.05, 4.69) is 10.4 Å². The first kappa shape index (κ1) is 15.9. The second-order valence-electron chi connectivity index (χ2n) is 6.92. The Kier molecular flexibility index (Phi) is 4.05. The average molecular weight is 336 g/mol. The van der Waals surface area contributed by atoms with Crippen molar-refractivity contribution in [1.29, 1.82) is 0 Å². The van der Waals surface area contributed by atoms with Gasteiger partial charge < -0.3 is 16.8 Å². The zero-order valence-electron chi connectivity index (χ0n) is 14.4. The molecule has 5 N–H and O–H groups in total. The quantitative estimate of drug-likeness (QED) is 0.682. The third kappa shape index (κ3) is 3.05. The number of rotatable bonds is 3. The average Bonchev–Trinajstić information content (AvgIpc) is 3.04. The van der Waals surface area contributed by atoms with E-state index in [1.165, 1.54) is 0 Å². The highest BCUT2D eigenvalue weighted by atomic mass is 15.3. The van der Waals surface area contributed by atoms with Crippen LogP contribution in [-0.2, 0) is 0 Å². The third-order valence-corrected chi connectivity index (χ3v) is 5.14. The van der Waals surface area contributed by atoms with Crippen molar-refractivity contribution in [2.45, 2.75) is 44.6 Å². The van der Waals surface area contributed by atoms with Gasteiger partial charge in [-0.05, 0) is 44.7 Å². The van der Waals surface area contributed by atoms with Crippen molar-refractivity contribution >= 4 is 22.8 Å². The molecule has 3 aromatic rings. The maximum atomic E-state index is 6.13. The van der Waals surface area contributed by atoms with E-state index >= 15 is 0 Å². The standard InChI is InChI=1S/C19H24N6/c1-12-17(22-15-5-3-2-4-6-15)19-23-16(11-25(19)24-18(12)21)13-7-9-14(20)10-8-13/h2-6,11,13-14,22H,7-10,20H2,1H3,(H2,21,24)/t13-,14+. The highest BCUT2D eigenvalue weighted by Crippen LogP contribution is 2.34. The molecule has 2 heterocycles. The van der Waals surface area contributed by atoms with Crippen LogP contribution in [0.5, 0.6) is 0 Å². The molecule has 4 rings (SSSR count). The van der Waals surface area contributed by atoms with Crippen LogP contribution in [-0.4, -0.2) is 20.6 Å². The van der Waals surface area contributed by atoms with Crippen molar-refractivity contribution in [3.8, 4) is 0 Å². The molecule has 130 valence electrons. The molecule has 0 aliphatic heterocycles. The summed E-state index contributed by atoms with van der Waals surface area (Å²) in [6.45, 7) is 1.97. The molecule has 0 saturated heterocycles. The second-order valence-corrected chi connectivity index (χ2v) is 6.92. The number of anilines is 3. The monoisotopic (exact) mass is 336 g/mol. The van der Waals surface area contributed by atoms with E-state index in [0.29, 0.717) is 17.8 Å². The Bertz CT molecular complexity index is 878. The van der Waals surface area contributed by atoms with Gasteiger partial charge in [0.2, 0.25) is 0 Å². The van der Waals surface area contributed by atoms with Gasteiger partial charge in [0.15, 0.2) is 5.65 Å². The summed E-state index contributed by atoms with van der Waals surface area (Å²) in [7, 11) is 0. The molecule has 0 amide bonds. The smallest absolute Gasteiger partial charge is 0.177 e. The molecule has 6 heteroatoms. The number of benzene rings is 1. The van der Waals surface area contributed by atoms with Gasteiger partial charge in [0, 0.05) is 23.2 Å². The summed E-state index contributed by atoms with van der Waals surface area (Å²) in [5, 5.41) is 7.93. The van der Waals surface area contributed by atoms with Gasteiger partial charge in [0.25, 0.3) is 0 Å². The molecular formula is C19H24N6. The van der Waals surface area contributed by atoms with E-state index in [-0.39, 0.29) is 0 Å². The van der Waals surface area contributed by atoms with Crippen LogP contribution in [0.3, 0.4) is 0 Å². The van der Waals surface area contributed by atoms with Crippen LogP contribution in [0.1, 0.15) is 42.9 Å². The minimum absolute atomic E-state index is 0.333. The Morgan fingerprint density at radius 2 is 1.84 bits per heavy atom. The van der Waals surface area contributed by atoms with Gasteiger partial charge in [0.1, 0.15) is 5.82 Å². The van der Waals surface area contributed by atoms with Crippen molar-refractivity contribution in [1.82, 2.24) is 14.6 Å². The van der Waals surface area contributed by atoms with Crippen LogP contribution in [0.2, 0.25) is 0 Å². The van der Waals surface area contributed by atoms with Crippen molar-refractivity contribution in [3.05, 3.63) is 47.8 Å². The number of nitrogens with one attached hydrogen (secondary N) is 1. The first-order valence-corrected chi connectivity index (χ1v) is 8.85. The molecule has 1 saturated carbocycles. The molecule has 0 radical (unpaired) electrons. The SMILES string of the molecule is Cc1c(N)nn2cc([C@H]3CC[C@@H](N)CC3)nc2c1Nc1ccccc1. The highest BCUT2D eigenvalue weighted by molar-refractivity contribution is 5.79. The molecular weight excluding hydrogens is 312 g/mol. The summed E-state index contributed by atoms with van der Waals surface area (Å²) < 4.78 is 1.80. The van der Waals surface area contributed by atoms with E-state index in [1.807, 2.05) is 43.5 Å². The van der Waals surface area contributed by atoms with Crippen LogP contribution < -0.4 is 16.8 Å². The molecule has 0 atom stereocenters. The van der Waals surface area contributed by atoms with Crippen molar-refractivity contribution in [3.63, 3.8) is 0 Å². The fraction of sp³-hybridized carbons (Fsp3) is 0.368. The normalized spacial score (nSPS) is 20.7. The highest BCUT2D eigenvalue weighted by Gasteiger charge is 2.23. The van der Waals surface area contributed by atoms with Crippen molar-refractivity contribution < 1.29 is 0 Å². The van der Waals surface area contributed by atoms with Gasteiger partial charge in [-0.1, -0.05) is 18.2 Å². The Morgan fingerprint density at radius 3 is 2.56 bits per heavy atom. The van der Waals surface area contributed by atoms with Gasteiger partial charge in [0.05, 0.1) is 17.6 Å². The number of nitrogens with two attached hydrogens (primary N) is 2. The summed E-state index contributed by atoms with van der Waals surface area (Å²) in [4.78, 5) is 4.90. The number of nitrogens with zero attached hydrogens (tertiary/aromatic N) is 3. The number of fused-ring (bicyclic) bond motifs is 1. The molecule has 1 fully saturated rings. The van der Waals surface area contributed by atoms with Crippen LogP contribution in [0.25, 0.3) is 5.65 Å². The van der Waals surface area contributed by atoms with Crippen LogP contribution in [0.15, 0.2) is 36.5 Å². The molecule has 0 unspecified atom stereocenters. The molecule has 0 bridgehead atoms. The Balaban J connectivity index is 1.75. The third-order valence-electron chi connectivity index (χ3n) is 5.14. The van der Waals surface area contributed by atoms with Gasteiger partial charge in [-0.25, -0.2) is 9.50 Å². The Labute approximate surface area is 147 Å². The van der Waals surface area contributed by atoms with Gasteiger partial charge in [-0.2, -0.15) is 0 Å². The number of hydrogen-bond acceptors (Lipinski definition) is 5. The molecule has 2 aromatic heterocycles. The zero-order valence-corrected chi connectivity index (χ0v) is 14.4. The van der Waals surface area contributed by atoms with E-state index < -0.39 is 0 Å². The topological polar surface area (TPSA) is 94.3 Å². The summed E-state index contributed by atoms with van der Waals surface area (Å²) in [5.74, 6) is 0.966. The van der Waals surface area contributed by atoms with Crippen molar-refractivity contribution in [2.75, 3.05) is 11.1 Å². The number of nitrogen functional groups attached to an aromatic ring is 1. The lowest BCUT2D eigenvalue weighted by atomic mass is 9.85. The summed E-state index contributed by atoms with van der Waals surface area (Å²) >= 11 is 0. The molecule has 6 nitrogen and oxygen atoms in total. The summed E-state index contributed by atoms with van der Waals surface area (Å²) in [6.07, 6.45) is 6.30. The number of para-hydroxylation sites is 1. The minimum Gasteiger partial charge on any atom is -0.382 e. The Hall–Kier alpha value is -2.60. The van der Waals surface area contributed by atoms with Gasteiger partial charge >= 0.3 is 0 Å². The fourth-order valence-corrected chi connectivity index (χ4v) is 3.55. The van der Waals surface area contributed by atoms with Crippen LogP contribution >= 0.6 is 0 Å². The predicted molar refractivity (Wildman–Crippen MR) is 101 cm³/mol. The lowest BCUT2D eigenvalue weighted by Crippen LogP contribution is -2.25. The Morgan fingerprint density at radius 1 is 1.12 bits per heavy atom. The van der Waals surface area contributed by atoms with E-state index in [4.69, 9.17) is 16.5 Å². The number of aromatic nitrogens is 3. The summed E-state index contributed by atoms with van der Waals surface area (Å²) in [6, 6.07) is 10.4. The molecule has 1 aliphatic rings. The lowest BCUT2D eigenvalue weighted by molar-refractivity contribution is 0.391. The second kappa shape index (κ2) is 6.37. The van der Waals surface area contributed by atoms with Gasteiger partial charge in [-0.3, -0.25) is 0 Å². The van der Waals surface area contributed by atoms with Gasteiger partial charge in [-0.15, -0.1) is 5.10 Å². The number of hydrogen-bond donors (Lipinski definition) is 3. The molecule has 1 aromatic carbocycles. The van der Waals surface area contributed by atoms with Crippen molar-refractivity contribution in [2.24, 2.45) is 5.73 Å². The predicted octanol–water partition coefficient (Wildman–Crippen LogP) is 3.35. The molecule has 0 spiro atoms. The molecule has 1 aliphatic carbocycles. The maximum absolute atomic E-state index is 6.13. The fourth-order valence-electron chi connectivity index (χ4n) is 3.55. The maximum Gasteiger partial charge on any atom is 0.177 e. The summed E-state index contributed by atoms with van der Waals surface area (Å²) in [5.41, 5.74) is 16.9. The van der Waals surface area contributed by atoms with E-state index in [1.54, 1.807) is 4.52 Å². The van der Waals surface area contributed by atoms with Crippen LogP contribution in [0, 0.1) is 6.92 Å². The van der Waals surface area contributed by atoms with E-state index in [0.717, 1.165) is 54.0 Å². The zero-order chi connectivity index (χ0) is 17.4. The number of imidazole rings is 1. The molecule has 25 heavy (non-hydrogen) atoms. The lowest BCUT2D eigenvalue weighted by Gasteiger charge is -2.24. The largest absolute Gasteiger partial charge is 0.382 e. The van der Waals surface area contributed by atoms with E-state index in [9.17, 15) is 0 Å². The minimum atomic E-state index is 0.333.